The number of carbonyl (C=O) groups is 1. The number of fused-ring (bicyclic) bond motifs is 2. The number of rotatable bonds is 2. The fourth-order valence-corrected chi connectivity index (χ4v) is 6.80. The molecule has 1 aliphatic heterocycles. The van der Waals surface area contributed by atoms with E-state index < -0.39 is 5.97 Å². The number of aromatic carboxylic acids is 1. The number of phenols is 1. The first-order chi connectivity index (χ1) is 13.3. The van der Waals surface area contributed by atoms with Crippen LogP contribution >= 0.6 is 31.9 Å². The van der Waals surface area contributed by atoms with Crippen molar-refractivity contribution in [2.24, 2.45) is 0 Å². The monoisotopic (exact) mass is 753 g/mol. The Labute approximate surface area is 253 Å². The summed E-state index contributed by atoms with van der Waals surface area (Å²) < 4.78 is 7.55. The molecule has 0 saturated carbocycles. The summed E-state index contributed by atoms with van der Waals surface area (Å²) in [6, 6.07) is 11.4. The van der Waals surface area contributed by atoms with Gasteiger partial charge in [0.05, 0.1) is 0 Å². The van der Waals surface area contributed by atoms with Crippen LogP contribution in [0.3, 0.4) is 0 Å². The van der Waals surface area contributed by atoms with Crippen LogP contribution in [0.2, 0.25) is 0 Å². The first kappa shape index (κ1) is 29.3. The summed E-state index contributed by atoms with van der Waals surface area (Å²) in [7, 11) is 0. The third-order valence-corrected chi connectivity index (χ3v) is 8.29. The SMILES string of the molecule is O.O=C(O)c1ccccc1-c1c2cc(Br)c(=O)cc-2oc2[c]([Hg])c(O)c(Br)cc12.[Na+].[Na+]. The molecule has 2 aromatic carbocycles. The minimum absolute atomic E-state index is 0. The van der Waals surface area contributed by atoms with E-state index in [-0.39, 0.29) is 107 Å². The minimum atomic E-state index is -1.05. The van der Waals surface area contributed by atoms with Gasteiger partial charge in [0, 0.05) is 0 Å². The van der Waals surface area contributed by atoms with Crippen molar-refractivity contribution in [1.29, 1.82) is 0 Å². The molecular formula is C20H11Br2HgNa2O6+2. The quantitative estimate of drug-likeness (QED) is 0.179. The van der Waals surface area contributed by atoms with Gasteiger partial charge in [0.25, 0.3) is 0 Å². The largest absolute Gasteiger partial charge is 1.00 e. The summed E-state index contributed by atoms with van der Waals surface area (Å²) in [4.78, 5) is 24.0. The normalized spacial score (nSPS) is 10.2. The van der Waals surface area contributed by atoms with Crippen LogP contribution in [0.5, 0.6) is 5.75 Å². The number of aromatic hydroxyl groups is 1. The average molecular weight is 754 g/mol. The maximum absolute atomic E-state index is 12.2. The second-order valence-corrected chi connectivity index (χ2v) is 10.6. The van der Waals surface area contributed by atoms with E-state index in [9.17, 15) is 19.8 Å². The molecular weight excluding hydrogens is 743 g/mol. The summed E-state index contributed by atoms with van der Waals surface area (Å²) >= 11 is 6.64. The molecule has 0 radical (unpaired) electrons. The molecule has 1 aliphatic carbocycles. The van der Waals surface area contributed by atoms with Gasteiger partial charge in [-0.3, -0.25) is 0 Å². The van der Waals surface area contributed by atoms with Gasteiger partial charge in [0.2, 0.25) is 0 Å². The standard InChI is InChI=1S/C20H9Br2O5.Hg.2Na.H2O/c21-13-5-11-17(7-15(13)23)27-18-8-16(24)14(22)6-12(18)19(11)9-3-1-2-4-10(9)20(25)26;;;;/h1-7,24H,(H,25,26);;;;1H2/q;;2*+1;. The molecule has 6 nitrogen and oxygen atoms in total. The first-order valence-corrected chi connectivity index (χ1v) is 12.4. The minimum Gasteiger partial charge on any atom is 1.00 e. The molecule has 0 aromatic heterocycles. The Hall–Kier alpha value is 0.255. The van der Waals surface area contributed by atoms with E-state index in [1.165, 1.54) is 12.1 Å². The van der Waals surface area contributed by atoms with Gasteiger partial charge in [-0.05, 0) is 0 Å². The molecule has 0 bridgehead atoms. The second-order valence-electron chi connectivity index (χ2n) is 6.17. The molecule has 2 aliphatic rings. The summed E-state index contributed by atoms with van der Waals surface area (Å²) in [5.74, 6) is -0.606. The van der Waals surface area contributed by atoms with Crippen LogP contribution in [0.25, 0.3) is 33.4 Å². The number of carboxylic acids is 1. The van der Waals surface area contributed by atoms with E-state index in [0.29, 0.717) is 45.4 Å². The Morgan fingerprint density at radius 1 is 1.00 bits per heavy atom. The number of halogens is 2. The molecule has 4 rings (SSSR count). The van der Waals surface area contributed by atoms with Gasteiger partial charge in [-0.1, -0.05) is 0 Å². The summed E-state index contributed by atoms with van der Waals surface area (Å²) in [6.07, 6.45) is 0. The molecule has 11 heteroatoms. The second kappa shape index (κ2) is 11.6. The molecule has 0 saturated heterocycles. The molecule has 0 atom stereocenters. The van der Waals surface area contributed by atoms with Gasteiger partial charge in [-0.25, -0.2) is 0 Å². The molecule has 0 amide bonds. The Balaban J connectivity index is 0.00000160. The third-order valence-electron chi connectivity index (χ3n) is 4.51. The number of phenolic OH excluding ortho intramolecular Hbond substituents is 1. The van der Waals surface area contributed by atoms with Crippen LogP contribution in [0.15, 0.2) is 60.6 Å². The third kappa shape index (κ3) is 5.34. The van der Waals surface area contributed by atoms with Gasteiger partial charge >= 0.3 is 252 Å². The van der Waals surface area contributed by atoms with E-state index >= 15 is 0 Å². The number of hydrogen-bond acceptors (Lipinski definition) is 4. The number of carboxylic acid groups (broad SMARTS) is 1. The van der Waals surface area contributed by atoms with Crippen LogP contribution in [-0.2, 0) is 26.1 Å². The predicted octanol–water partition coefficient (Wildman–Crippen LogP) is -2.15. The van der Waals surface area contributed by atoms with Crippen LogP contribution < -0.4 is 67.6 Å². The van der Waals surface area contributed by atoms with E-state index in [0.717, 1.165) is 0 Å². The fraction of sp³-hybridized carbons (Fsp3) is 0. The Kier molecular flexibility index (Phi) is 11.0. The average Bonchev–Trinajstić information content (AvgIpc) is 2.66. The van der Waals surface area contributed by atoms with Gasteiger partial charge in [0.15, 0.2) is 0 Å². The van der Waals surface area contributed by atoms with Gasteiger partial charge < -0.3 is 5.48 Å². The van der Waals surface area contributed by atoms with Gasteiger partial charge in [-0.2, -0.15) is 0 Å². The van der Waals surface area contributed by atoms with Crippen molar-refractivity contribution in [3.8, 4) is 28.2 Å². The van der Waals surface area contributed by atoms with Crippen molar-refractivity contribution in [1.82, 2.24) is 0 Å². The Bertz CT molecular complexity index is 1330. The molecule has 31 heavy (non-hydrogen) atoms. The molecule has 4 N–H and O–H groups in total. The molecule has 0 unspecified atom stereocenters. The van der Waals surface area contributed by atoms with Crippen molar-refractivity contribution in [3.05, 3.63) is 67.2 Å². The molecule has 0 spiro atoms. The number of benzene rings is 3. The Morgan fingerprint density at radius 3 is 2.29 bits per heavy atom. The van der Waals surface area contributed by atoms with Crippen LogP contribution in [0.4, 0.5) is 0 Å². The summed E-state index contributed by atoms with van der Waals surface area (Å²) in [5, 5.41) is 20.7. The zero-order chi connectivity index (χ0) is 20.2. The van der Waals surface area contributed by atoms with E-state index in [1.807, 2.05) is 0 Å². The van der Waals surface area contributed by atoms with Crippen LogP contribution in [0.1, 0.15) is 10.4 Å². The van der Waals surface area contributed by atoms with E-state index in [4.69, 9.17) is 4.42 Å². The smallest absolute Gasteiger partial charge is 1.00 e. The zero-order valence-corrected chi connectivity index (χ0v) is 29.3. The van der Waals surface area contributed by atoms with Crippen LogP contribution in [0, 0.1) is 0 Å². The van der Waals surface area contributed by atoms with Crippen molar-refractivity contribution in [2.45, 2.75) is 0 Å². The van der Waals surface area contributed by atoms with Crippen molar-refractivity contribution in [2.75, 3.05) is 0 Å². The molecule has 0 fully saturated rings. The topological polar surface area (TPSA) is 119 Å². The Morgan fingerprint density at radius 2 is 1.65 bits per heavy atom. The maximum Gasteiger partial charge on any atom is 1.00 e. The van der Waals surface area contributed by atoms with Crippen molar-refractivity contribution in [3.63, 3.8) is 0 Å². The van der Waals surface area contributed by atoms with Crippen molar-refractivity contribution < 1.29 is 110 Å². The fourth-order valence-electron chi connectivity index (χ4n) is 3.22. The molecule has 1 heterocycles. The first-order valence-electron chi connectivity index (χ1n) is 8.05. The zero-order valence-electron chi connectivity index (χ0n) is 16.6. The van der Waals surface area contributed by atoms with Crippen molar-refractivity contribution >= 4 is 51.9 Å². The molecule has 2 aromatic rings. The summed E-state index contributed by atoms with van der Waals surface area (Å²) in [6.45, 7) is 0. The maximum atomic E-state index is 12.2. The van der Waals surface area contributed by atoms with Gasteiger partial charge in [-0.15, -0.1) is 0 Å². The van der Waals surface area contributed by atoms with Crippen LogP contribution in [-0.4, -0.2) is 21.7 Å². The van der Waals surface area contributed by atoms with E-state index in [2.05, 4.69) is 31.9 Å². The number of hydrogen-bond donors (Lipinski definition) is 2. The molecule has 143 valence electrons. The van der Waals surface area contributed by atoms with E-state index in [1.54, 1.807) is 30.3 Å². The van der Waals surface area contributed by atoms with Gasteiger partial charge in [0.1, 0.15) is 0 Å². The predicted molar refractivity (Wildman–Crippen MR) is 112 cm³/mol. The summed E-state index contributed by atoms with van der Waals surface area (Å²) in [5.41, 5.74) is 2.13.